The Labute approximate surface area is 149 Å². The SMILES string of the molecule is CCN(CC)C(=O)C1C2NC(=S)NC1(C)Oc1ccc(Br)cc12. The fourth-order valence-electron chi connectivity index (χ4n) is 3.42. The summed E-state index contributed by atoms with van der Waals surface area (Å²) in [6.45, 7) is 7.21. The van der Waals surface area contributed by atoms with Crippen molar-refractivity contribution >= 4 is 39.2 Å². The zero-order valence-electron chi connectivity index (χ0n) is 13.4. The van der Waals surface area contributed by atoms with Gasteiger partial charge in [-0.25, -0.2) is 0 Å². The van der Waals surface area contributed by atoms with Gasteiger partial charge < -0.3 is 20.3 Å². The molecule has 2 heterocycles. The molecule has 2 bridgehead atoms. The first-order valence-corrected chi connectivity index (χ1v) is 8.95. The van der Waals surface area contributed by atoms with E-state index in [4.69, 9.17) is 17.0 Å². The molecule has 5 nitrogen and oxygen atoms in total. The Morgan fingerprint density at radius 2 is 2.13 bits per heavy atom. The van der Waals surface area contributed by atoms with Gasteiger partial charge in [0, 0.05) is 23.1 Å². The third-order valence-corrected chi connectivity index (χ3v) is 5.26. The molecule has 3 unspecified atom stereocenters. The van der Waals surface area contributed by atoms with Gasteiger partial charge in [-0.05, 0) is 51.2 Å². The molecule has 1 aromatic carbocycles. The third kappa shape index (κ3) is 2.70. The van der Waals surface area contributed by atoms with Gasteiger partial charge in [-0.2, -0.15) is 0 Å². The van der Waals surface area contributed by atoms with Crippen molar-refractivity contribution in [2.75, 3.05) is 13.1 Å². The average Bonchev–Trinajstić information content (AvgIpc) is 2.48. The van der Waals surface area contributed by atoms with E-state index in [0.29, 0.717) is 18.2 Å². The minimum atomic E-state index is -0.854. The number of benzene rings is 1. The minimum Gasteiger partial charge on any atom is -0.467 e. The lowest BCUT2D eigenvalue weighted by atomic mass is 9.79. The molecule has 7 heteroatoms. The molecule has 2 aliphatic rings. The second kappa shape index (κ2) is 5.94. The van der Waals surface area contributed by atoms with Gasteiger partial charge in [0.15, 0.2) is 10.8 Å². The summed E-state index contributed by atoms with van der Waals surface area (Å²) >= 11 is 8.81. The van der Waals surface area contributed by atoms with Crippen LogP contribution < -0.4 is 15.4 Å². The summed E-state index contributed by atoms with van der Waals surface area (Å²) in [7, 11) is 0. The summed E-state index contributed by atoms with van der Waals surface area (Å²) in [5.74, 6) is 0.443. The highest BCUT2D eigenvalue weighted by Gasteiger charge is 2.55. The van der Waals surface area contributed by atoms with Crippen LogP contribution in [0.2, 0.25) is 0 Å². The monoisotopic (exact) mass is 397 g/mol. The van der Waals surface area contributed by atoms with Gasteiger partial charge >= 0.3 is 0 Å². The predicted octanol–water partition coefficient (Wildman–Crippen LogP) is 2.56. The Bertz CT molecular complexity index is 665. The molecule has 2 N–H and O–H groups in total. The zero-order chi connectivity index (χ0) is 16.8. The summed E-state index contributed by atoms with van der Waals surface area (Å²) in [5, 5.41) is 6.92. The number of nitrogens with one attached hydrogen (secondary N) is 2. The van der Waals surface area contributed by atoms with Crippen LogP contribution in [0.5, 0.6) is 5.75 Å². The fourth-order valence-corrected chi connectivity index (χ4v) is 4.13. The molecule has 1 aromatic rings. The number of ether oxygens (including phenoxy) is 1. The van der Waals surface area contributed by atoms with E-state index in [-0.39, 0.29) is 11.9 Å². The van der Waals surface area contributed by atoms with Crippen LogP contribution >= 0.6 is 28.1 Å². The van der Waals surface area contributed by atoms with E-state index in [2.05, 4.69) is 26.6 Å². The van der Waals surface area contributed by atoms with Crippen molar-refractivity contribution < 1.29 is 9.53 Å². The van der Waals surface area contributed by atoms with Gasteiger partial charge in [-0.15, -0.1) is 0 Å². The number of thiocarbonyl (C=S) groups is 1. The first-order chi connectivity index (χ1) is 10.9. The second-order valence-corrected chi connectivity index (χ2v) is 7.28. The highest BCUT2D eigenvalue weighted by Crippen LogP contribution is 2.46. The Morgan fingerprint density at radius 3 is 2.78 bits per heavy atom. The lowest BCUT2D eigenvalue weighted by Gasteiger charge is -2.51. The van der Waals surface area contributed by atoms with E-state index >= 15 is 0 Å². The number of amides is 1. The normalized spacial score (nSPS) is 28.1. The van der Waals surface area contributed by atoms with Crippen LogP contribution in [0.1, 0.15) is 32.4 Å². The lowest BCUT2D eigenvalue weighted by molar-refractivity contribution is -0.148. The Kier molecular flexibility index (Phi) is 4.27. The number of rotatable bonds is 3. The smallest absolute Gasteiger partial charge is 0.234 e. The summed E-state index contributed by atoms with van der Waals surface area (Å²) in [5.41, 5.74) is 0.0965. The zero-order valence-corrected chi connectivity index (χ0v) is 15.8. The summed E-state index contributed by atoms with van der Waals surface area (Å²) < 4.78 is 7.13. The molecule has 1 saturated heterocycles. The molecular weight excluding hydrogens is 378 g/mol. The van der Waals surface area contributed by atoms with Crippen molar-refractivity contribution in [1.29, 1.82) is 0 Å². The maximum absolute atomic E-state index is 13.1. The molecule has 2 aliphatic heterocycles. The summed E-state index contributed by atoms with van der Waals surface area (Å²) in [6, 6.07) is 5.63. The molecule has 0 saturated carbocycles. The van der Waals surface area contributed by atoms with Gasteiger partial charge in [0.1, 0.15) is 11.7 Å². The van der Waals surface area contributed by atoms with E-state index in [1.54, 1.807) is 0 Å². The number of halogens is 1. The Balaban J connectivity index is 2.09. The van der Waals surface area contributed by atoms with Crippen molar-refractivity contribution in [2.24, 2.45) is 5.92 Å². The lowest BCUT2D eigenvalue weighted by Crippen LogP contribution is -2.71. The molecule has 0 spiro atoms. The molecule has 124 valence electrons. The van der Waals surface area contributed by atoms with E-state index in [1.807, 2.05) is 43.9 Å². The van der Waals surface area contributed by atoms with Crippen LogP contribution in [0.3, 0.4) is 0 Å². The van der Waals surface area contributed by atoms with Crippen LogP contribution in [0.15, 0.2) is 22.7 Å². The van der Waals surface area contributed by atoms with Crippen molar-refractivity contribution in [3.8, 4) is 5.75 Å². The van der Waals surface area contributed by atoms with E-state index in [9.17, 15) is 4.79 Å². The maximum atomic E-state index is 13.1. The van der Waals surface area contributed by atoms with Gasteiger partial charge in [-0.1, -0.05) is 15.9 Å². The Morgan fingerprint density at radius 1 is 1.43 bits per heavy atom. The number of carbonyl (C=O) groups excluding carboxylic acids is 1. The number of hydrogen-bond acceptors (Lipinski definition) is 3. The number of nitrogens with zero attached hydrogens (tertiary/aromatic N) is 1. The molecule has 3 atom stereocenters. The van der Waals surface area contributed by atoms with Gasteiger partial charge in [0.25, 0.3) is 0 Å². The van der Waals surface area contributed by atoms with Gasteiger partial charge in [0.05, 0.1) is 6.04 Å². The second-order valence-electron chi connectivity index (χ2n) is 5.96. The number of carbonyl (C=O) groups is 1. The van der Waals surface area contributed by atoms with Crippen LogP contribution in [0.25, 0.3) is 0 Å². The maximum Gasteiger partial charge on any atom is 0.234 e. The third-order valence-electron chi connectivity index (χ3n) is 4.55. The average molecular weight is 398 g/mol. The minimum absolute atomic E-state index is 0.0654. The van der Waals surface area contributed by atoms with Crippen LogP contribution in [-0.2, 0) is 4.79 Å². The van der Waals surface area contributed by atoms with Crippen LogP contribution in [-0.4, -0.2) is 34.7 Å². The quantitative estimate of drug-likeness (QED) is 0.767. The first-order valence-electron chi connectivity index (χ1n) is 7.75. The molecule has 0 aromatic heterocycles. The standard InChI is InChI=1S/C16H20BrN3O2S/c1-4-20(5-2)14(21)12-13-10-8-9(17)6-7-11(10)22-16(12,3)19-15(23)18-13/h6-8,12-13H,4-5H2,1-3H3,(H2,18,19,23). The molecule has 1 fully saturated rings. The molecule has 0 radical (unpaired) electrons. The molecule has 23 heavy (non-hydrogen) atoms. The Hall–Kier alpha value is -1.34. The van der Waals surface area contributed by atoms with Gasteiger partial charge in [-0.3, -0.25) is 4.79 Å². The molecule has 0 aliphatic carbocycles. The predicted molar refractivity (Wildman–Crippen MR) is 96.2 cm³/mol. The van der Waals surface area contributed by atoms with Gasteiger partial charge in [0.2, 0.25) is 5.91 Å². The van der Waals surface area contributed by atoms with E-state index in [1.165, 1.54) is 0 Å². The largest absolute Gasteiger partial charge is 0.467 e. The molecule has 1 amide bonds. The topological polar surface area (TPSA) is 53.6 Å². The number of hydrogen-bond donors (Lipinski definition) is 2. The van der Waals surface area contributed by atoms with Crippen LogP contribution in [0.4, 0.5) is 0 Å². The molecule has 3 rings (SSSR count). The van der Waals surface area contributed by atoms with Crippen molar-refractivity contribution in [2.45, 2.75) is 32.5 Å². The molecular formula is C16H20BrN3O2S. The number of fused-ring (bicyclic) bond motifs is 4. The van der Waals surface area contributed by atoms with E-state index in [0.717, 1.165) is 15.8 Å². The summed E-state index contributed by atoms with van der Waals surface area (Å²) in [4.78, 5) is 14.9. The highest BCUT2D eigenvalue weighted by atomic mass is 79.9. The summed E-state index contributed by atoms with van der Waals surface area (Å²) in [6.07, 6.45) is 0. The van der Waals surface area contributed by atoms with Crippen LogP contribution in [0, 0.1) is 5.92 Å². The fraction of sp³-hybridized carbons (Fsp3) is 0.500. The van der Waals surface area contributed by atoms with Crippen molar-refractivity contribution in [3.05, 3.63) is 28.2 Å². The van der Waals surface area contributed by atoms with E-state index < -0.39 is 11.6 Å². The van der Waals surface area contributed by atoms with Crippen molar-refractivity contribution in [1.82, 2.24) is 15.5 Å². The highest BCUT2D eigenvalue weighted by molar-refractivity contribution is 9.10. The van der Waals surface area contributed by atoms with Crippen molar-refractivity contribution in [3.63, 3.8) is 0 Å². The first kappa shape index (κ1) is 16.5.